The standard InChI is InChI=1S/C25H21F3N4O2/c26-25(27,28)34-20-11-9-17(10-12-20)22-15-30-23(32-22)18-7-4-8-19(14-18)31-24(33)21(29)13-16-5-2-1-3-6-16/h1-12,14-15,21H,13,29H2,(H,30,32)(H,31,33)/t21-/m0/s1. The number of aromatic nitrogens is 2. The number of amides is 1. The summed E-state index contributed by atoms with van der Waals surface area (Å²) in [5.74, 6) is -0.0671. The second-order valence-corrected chi connectivity index (χ2v) is 7.58. The van der Waals surface area contributed by atoms with Crippen molar-refractivity contribution >= 4 is 11.6 Å². The lowest BCUT2D eigenvalue weighted by molar-refractivity contribution is -0.274. The van der Waals surface area contributed by atoms with Gasteiger partial charge in [0.05, 0.1) is 17.9 Å². The number of aromatic amines is 1. The van der Waals surface area contributed by atoms with E-state index in [1.807, 2.05) is 36.4 Å². The van der Waals surface area contributed by atoms with Gasteiger partial charge in [-0.2, -0.15) is 0 Å². The van der Waals surface area contributed by atoms with E-state index >= 15 is 0 Å². The van der Waals surface area contributed by atoms with E-state index in [2.05, 4.69) is 20.0 Å². The first-order chi connectivity index (χ1) is 16.3. The zero-order valence-corrected chi connectivity index (χ0v) is 17.8. The van der Waals surface area contributed by atoms with Crippen LogP contribution in [0.2, 0.25) is 0 Å². The van der Waals surface area contributed by atoms with Crippen molar-refractivity contribution in [2.24, 2.45) is 5.73 Å². The molecular formula is C25H21F3N4O2. The summed E-state index contributed by atoms with van der Waals surface area (Å²) in [5.41, 5.74) is 9.58. The van der Waals surface area contributed by atoms with Gasteiger partial charge in [-0.05, 0) is 53.9 Å². The number of H-pyrrole nitrogens is 1. The van der Waals surface area contributed by atoms with Crippen LogP contribution in [0, 0.1) is 0 Å². The fourth-order valence-corrected chi connectivity index (χ4v) is 3.39. The lowest BCUT2D eigenvalue weighted by Gasteiger charge is -2.13. The van der Waals surface area contributed by atoms with E-state index in [-0.39, 0.29) is 11.7 Å². The van der Waals surface area contributed by atoms with E-state index in [4.69, 9.17) is 5.73 Å². The molecule has 0 spiro atoms. The molecule has 4 N–H and O–H groups in total. The molecule has 1 atom stereocenters. The summed E-state index contributed by atoms with van der Waals surface area (Å²) in [6.45, 7) is 0. The highest BCUT2D eigenvalue weighted by Gasteiger charge is 2.31. The molecule has 0 aliphatic carbocycles. The topological polar surface area (TPSA) is 93.0 Å². The molecule has 34 heavy (non-hydrogen) atoms. The van der Waals surface area contributed by atoms with Gasteiger partial charge in [-0.3, -0.25) is 4.79 Å². The summed E-state index contributed by atoms with van der Waals surface area (Å²) in [6, 6.07) is 21.4. The van der Waals surface area contributed by atoms with E-state index in [0.717, 1.165) is 11.1 Å². The third-order valence-electron chi connectivity index (χ3n) is 5.01. The highest BCUT2D eigenvalue weighted by molar-refractivity contribution is 5.95. The molecule has 1 heterocycles. The van der Waals surface area contributed by atoms with Gasteiger partial charge in [0, 0.05) is 11.3 Å². The fourth-order valence-electron chi connectivity index (χ4n) is 3.39. The summed E-state index contributed by atoms with van der Waals surface area (Å²) in [6.07, 6.45) is -2.74. The van der Waals surface area contributed by atoms with Crippen molar-refractivity contribution in [3.63, 3.8) is 0 Å². The molecule has 0 bridgehead atoms. The molecule has 6 nitrogen and oxygen atoms in total. The maximum Gasteiger partial charge on any atom is 0.573 e. The number of imidazole rings is 1. The van der Waals surface area contributed by atoms with Crippen LogP contribution in [0.15, 0.2) is 85.1 Å². The number of carbonyl (C=O) groups is 1. The highest BCUT2D eigenvalue weighted by Crippen LogP contribution is 2.28. The minimum Gasteiger partial charge on any atom is -0.406 e. The Morgan fingerprint density at radius 1 is 1.00 bits per heavy atom. The number of alkyl halides is 3. The van der Waals surface area contributed by atoms with Crippen LogP contribution >= 0.6 is 0 Å². The first-order valence-corrected chi connectivity index (χ1v) is 10.4. The number of benzene rings is 3. The molecule has 174 valence electrons. The number of hydrogen-bond donors (Lipinski definition) is 3. The number of halogens is 3. The number of ether oxygens (including phenoxy) is 1. The van der Waals surface area contributed by atoms with E-state index in [1.165, 1.54) is 24.3 Å². The number of nitrogens with zero attached hydrogens (tertiary/aromatic N) is 1. The van der Waals surface area contributed by atoms with Crippen LogP contribution in [0.5, 0.6) is 5.75 Å². The van der Waals surface area contributed by atoms with Crippen LogP contribution in [0.25, 0.3) is 22.6 Å². The van der Waals surface area contributed by atoms with Crippen molar-refractivity contribution in [2.75, 3.05) is 5.32 Å². The van der Waals surface area contributed by atoms with Gasteiger partial charge < -0.3 is 20.8 Å². The Hall–Kier alpha value is -4.11. The predicted octanol–water partition coefficient (Wildman–Crippen LogP) is 5.15. The molecule has 0 saturated carbocycles. The second-order valence-electron chi connectivity index (χ2n) is 7.58. The van der Waals surface area contributed by atoms with Crippen molar-refractivity contribution in [2.45, 2.75) is 18.8 Å². The number of carbonyl (C=O) groups excluding carboxylic acids is 1. The van der Waals surface area contributed by atoms with Gasteiger partial charge in [0.15, 0.2) is 0 Å². The molecule has 0 saturated heterocycles. The summed E-state index contributed by atoms with van der Waals surface area (Å²) < 4.78 is 40.9. The first-order valence-electron chi connectivity index (χ1n) is 10.4. The predicted molar refractivity (Wildman–Crippen MR) is 123 cm³/mol. The van der Waals surface area contributed by atoms with Gasteiger partial charge in [0.25, 0.3) is 0 Å². The third-order valence-corrected chi connectivity index (χ3v) is 5.01. The van der Waals surface area contributed by atoms with Crippen molar-refractivity contribution in [3.05, 3.63) is 90.6 Å². The van der Waals surface area contributed by atoms with Crippen molar-refractivity contribution in [3.8, 4) is 28.4 Å². The summed E-state index contributed by atoms with van der Waals surface area (Å²) >= 11 is 0. The lowest BCUT2D eigenvalue weighted by atomic mass is 10.1. The summed E-state index contributed by atoms with van der Waals surface area (Å²) in [4.78, 5) is 20.0. The van der Waals surface area contributed by atoms with Crippen molar-refractivity contribution < 1.29 is 22.7 Å². The fraction of sp³-hybridized carbons (Fsp3) is 0.120. The molecule has 9 heteroatoms. The molecule has 0 aliphatic rings. The average Bonchev–Trinajstić information content (AvgIpc) is 3.30. The molecule has 0 aliphatic heterocycles. The van der Waals surface area contributed by atoms with Crippen molar-refractivity contribution in [1.82, 2.24) is 9.97 Å². The van der Waals surface area contributed by atoms with E-state index in [9.17, 15) is 18.0 Å². The number of hydrogen-bond acceptors (Lipinski definition) is 4. The average molecular weight is 466 g/mol. The maximum atomic E-state index is 12.5. The Bertz CT molecular complexity index is 1260. The zero-order chi connectivity index (χ0) is 24.1. The van der Waals surface area contributed by atoms with Crippen LogP contribution in [0.3, 0.4) is 0 Å². The molecule has 0 fully saturated rings. The van der Waals surface area contributed by atoms with Crippen LogP contribution < -0.4 is 15.8 Å². The minimum atomic E-state index is -4.74. The summed E-state index contributed by atoms with van der Waals surface area (Å²) in [5, 5.41) is 2.82. The van der Waals surface area contributed by atoms with Gasteiger partial charge in [-0.1, -0.05) is 42.5 Å². The molecule has 1 amide bonds. The van der Waals surface area contributed by atoms with Crippen LogP contribution in [-0.4, -0.2) is 28.3 Å². The van der Waals surface area contributed by atoms with Crippen LogP contribution in [-0.2, 0) is 11.2 Å². The Balaban J connectivity index is 1.43. The number of nitrogens with two attached hydrogens (primary N) is 1. The SMILES string of the molecule is N[C@@H](Cc1ccccc1)C(=O)Nc1cccc(-c2ncc(-c3ccc(OC(F)(F)F)cc3)[nH]2)c1. The number of rotatable bonds is 7. The monoisotopic (exact) mass is 466 g/mol. The Kier molecular flexibility index (Phi) is 6.65. The zero-order valence-electron chi connectivity index (χ0n) is 17.8. The largest absolute Gasteiger partial charge is 0.573 e. The van der Waals surface area contributed by atoms with Gasteiger partial charge in [0.1, 0.15) is 11.6 Å². The minimum absolute atomic E-state index is 0.301. The highest BCUT2D eigenvalue weighted by atomic mass is 19.4. The molecule has 4 aromatic rings. The second kappa shape index (κ2) is 9.80. The van der Waals surface area contributed by atoms with Crippen molar-refractivity contribution in [1.29, 1.82) is 0 Å². The third kappa shape index (κ3) is 6.02. The molecule has 3 aromatic carbocycles. The van der Waals surface area contributed by atoms with Gasteiger partial charge >= 0.3 is 6.36 Å². The quantitative estimate of drug-likeness (QED) is 0.351. The molecule has 1 aromatic heterocycles. The smallest absolute Gasteiger partial charge is 0.406 e. The van der Waals surface area contributed by atoms with Gasteiger partial charge in [0.2, 0.25) is 5.91 Å². The van der Waals surface area contributed by atoms with Gasteiger partial charge in [-0.15, -0.1) is 13.2 Å². The maximum absolute atomic E-state index is 12.5. The molecule has 0 unspecified atom stereocenters. The van der Waals surface area contributed by atoms with Crippen LogP contribution in [0.1, 0.15) is 5.56 Å². The first kappa shape index (κ1) is 23.1. The van der Waals surface area contributed by atoms with Gasteiger partial charge in [-0.25, -0.2) is 4.98 Å². The van der Waals surface area contributed by atoms with E-state index in [1.54, 1.807) is 24.4 Å². The normalized spacial score (nSPS) is 12.2. The number of nitrogens with one attached hydrogen (secondary N) is 2. The number of anilines is 1. The molecule has 0 radical (unpaired) electrons. The lowest BCUT2D eigenvalue weighted by Crippen LogP contribution is -2.37. The molecular weight excluding hydrogens is 445 g/mol. The Morgan fingerprint density at radius 3 is 2.44 bits per heavy atom. The Morgan fingerprint density at radius 2 is 1.74 bits per heavy atom. The van der Waals surface area contributed by atoms with Crippen LogP contribution in [0.4, 0.5) is 18.9 Å². The van der Waals surface area contributed by atoms with E-state index in [0.29, 0.717) is 29.2 Å². The summed E-state index contributed by atoms with van der Waals surface area (Å²) in [7, 11) is 0. The Labute approximate surface area is 193 Å². The van der Waals surface area contributed by atoms with E-state index < -0.39 is 12.4 Å². The molecule has 4 rings (SSSR count).